The van der Waals surface area contributed by atoms with Gasteiger partial charge in [-0.25, -0.2) is 4.79 Å². The number of carbonyl (C=O) groups excluding carboxylic acids is 1. The van der Waals surface area contributed by atoms with Crippen LogP contribution in [-0.2, 0) is 0 Å². The van der Waals surface area contributed by atoms with Crippen LogP contribution in [0.5, 0.6) is 0 Å². The van der Waals surface area contributed by atoms with Gasteiger partial charge in [-0.15, -0.1) is 0 Å². The third kappa shape index (κ3) is 2.86. The van der Waals surface area contributed by atoms with Gasteiger partial charge in [0, 0.05) is 12.1 Å². The number of aromatic carboxylic acids is 1. The first-order valence-corrected chi connectivity index (χ1v) is 5.40. The molecule has 1 aromatic heterocycles. The van der Waals surface area contributed by atoms with Crippen molar-refractivity contribution in [2.75, 3.05) is 5.32 Å². The Morgan fingerprint density at radius 3 is 2.37 bits per heavy atom. The summed E-state index contributed by atoms with van der Waals surface area (Å²) < 4.78 is 0.558. The van der Waals surface area contributed by atoms with E-state index in [0.717, 1.165) is 0 Å². The molecule has 0 saturated heterocycles. The summed E-state index contributed by atoms with van der Waals surface area (Å²) in [5.74, 6) is -1.60. The maximum Gasteiger partial charge on any atom is 0.337 e. The van der Waals surface area contributed by atoms with E-state index in [1.807, 2.05) is 0 Å². The number of rotatable bonds is 3. The molecule has 0 atom stereocenters. The van der Waals surface area contributed by atoms with Crippen LogP contribution in [0.4, 0.5) is 5.69 Å². The second-order valence-electron chi connectivity index (χ2n) is 3.75. The van der Waals surface area contributed by atoms with Crippen LogP contribution in [0, 0.1) is 5.21 Å². The molecule has 6 nitrogen and oxygen atoms in total. The molecule has 96 valence electrons. The number of aromatic nitrogens is 1. The maximum atomic E-state index is 11.9. The number of hydrogen-bond donors (Lipinski definition) is 2. The van der Waals surface area contributed by atoms with E-state index in [4.69, 9.17) is 5.11 Å². The van der Waals surface area contributed by atoms with Gasteiger partial charge in [-0.05, 0) is 12.1 Å². The highest BCUT2D eigenvalue weighted by atomic mass is 16.5. The monoisotopic (exact) mass is 258 g/mol. The SMILES string of the molecule is O=C(Nc1ccccc1C(=O)O)c1cc[n+]([O-])cc1. The number of pyridine rings is 1. The maximum absolute atomic E-state index is 11.9. The highest BCUT2D eigenvalue weighted by Gasteiger charge is 2.13. The van der Waals surface area contributed by atoms with Crippen LogP contribution in [-0.4, -0.2) is 17.0 Å². The molecule has 2 aromatic rings. The zero-order chi connectivity index (χ0) is 13.8. The van der Waals surface area contributed by atoms with E-state index in [1.54, 1.807) is 12.1 Å². The summed E-state index contributed by atoms with van der Waals surface area (Å²) in [4.78, 5) is 22.9. The van der Waals surface area contributed by atoms with Crippen LogP contribution in [0.1, 0.15) is 20.7 Å². The lowest BCUT2D eigenvalue weighted by molar-refractivity contribution is -0.605. The molecule has 0 aliphatic rings. The van der Waals surface area contributed by atoms with Crippen molar-refractivity contribution in [1.29, 1.82) is 0 Å². The van der Waals surface area contributed by atoms with Gasteiger partial charge in [0.05, 0.1) is 16.8 Å². The smallest absolute Gasteiger partial charge is 0.337 e. The van der Waals surface area contributed by atoms with Crippen LogP contribution in [0.25, 0.3) is 0 Å². The molecule has 2 N–H and O–H groups in total. The summed E-state index contributed by atoms with van der Waals surface area (Å²) in [5, 5.41) is 22.3. The Bertz CT molecular complexity index is 623. The predicted octanol–water partition coefficient (Wildman–Crippen LogP) is 1.27. The minimum Gasteiger partial charge on any atom is -0.619 e. The van der Waals surface area contributed by atoms with Crippen LogP contribution < -0.4 is 10.0 Å². The first kappa shape index (κ1) is 12.6. The number of nitrogens with zero attached hydrogens (tertiary/aromatic N) is 1. The number of carboxylic acid groups (broad SMARTS) is 1. The van der Waals surface area contributed by atoms with E-state index in [1.165, 1.54) is 36.7 Å². The summed E-state index contributed by atoms with van der Waals surface area (Å²) in [6, 6.07) is 8.80. The molecule has 19 heavy (non-hydrogen) atoms. The topological polar surface area (TPSA) is 93.3 Å². The van der Waals surface area contributed by atoms with E-state index in [2.05, 4.69) is 5.32 Å². The summed E-state index contributed by atoms with van der Waals surface area (Å²) in [6.45, 7) is 0. The molecule has 6 heteroatoms. The van der Waals surface area contributed by atoms with Crippen molar-refractivity contribution in [1.82, 2.24) is 0 Å². The van der Waals surface area contributed by atoms with Crippen LogP contribution in [0.2, 0.25) is 0 Å². The van der Waals surface area contributed by atoms with Crippen LogP contribution >= 0.6 is 0 Å². The lowest BCUT2D eigenvalue weighted by Gasteiger charge is -2.07. The zero-order valence-corrected chi connectivity index (χ0v) is 9.74. The van der Waals surface area contributed by atoms with E-state index >= 15 is 0 Å². The molecule has 0 unspecified atom stereocenters. The average Bonchev–Trinajstić information content (AvgIpc) is 2.39. The molecule has 0 aliphatic carbocycles. The third-order valence-electron chi connectivity index (χ3n) is 2.47. The quantitative estimate of drug-likeness (QED) is 0.640. The number of carboxylic acids is 1. The predicted molar refractivity (Wildman–Crippen MR) is 66.8 cm³/mol. The van der Waals surface area contributed by atoms with Crippen molar-refractivity contribution < 1.29 is 19.4 Å². The zero-order valence-electron chi connectivity index (χ0n) is 9.74. The number of hydrogen-bond acceptors (Lipinski definition) is 3. The van der Waals surface area contributed by atoms with Crippen LogP contribution in [0.15, 0.2) is 48.8 Å². The van der Waals surface area contributed by atoms with E-state index in [0.29, 0.717) is 4.73 Å². The molecule has 0 aliphatic heterocycles. The van der Waals surface area contributed by atoms with Crippen molar-refractivity contribution >= 4 is 17.6 Å². The molecule has 0 bridgehead atoms. The molecule has 1 aromatic carbocycles. The van der Waals surface area contributed by atoms with Crippen molar-refractivity contribution in [3.05, 3.63) is 65.1 Å². The number of benzene rings is 1. The van der Waals surface area contributed by atoms with Crippen molar-refractivity contribution in [2.24, 2.45) is 0 Å². The molecule has 2 rings (SSSR count). The number of nitrogens with one attached hydrogen (secondary N) is 1. The van der Waals surface area contributed by atoms with Gasteiger partial charge in [0.1, 0.15) is 0 Å². The van der Waals surface area contributed by atoms with E-state index in [-0.39, 0.29) is 16.8 Å². The molecule has 1 amide bonds. The fraction of sp³-hybridized carbons (Fsp3) is 0. The fourth-order valence-electron chi connectivity index (χ4n) is 1.54. The van der Waals surface area contributed by atoms with E-state index in [9.17, 15) is 14.8 Å². The van der Waals surface area contributed by atoms with Gasteiger partial charge < -0.3 is 15.6 Å². The van der Waals surface area contributed by atoms with Crippen molar-refractivity contribution in [3.8, 4) is 0 Å². The lowest BCUT2D eigenvalue weighted by atomic mass is 10.1. The molecule has 0 fully saturated rings. The molecular formula is C13H10N2O4. The van der Waals surface area contributed by atoms with Gasteiger partial charge in [0.15, 0.2) is 12.4 Å². The fourth-order valence-corrected chi connectivity index (χ4v) is 1.54. The third-order valence-corrected chi connectivity index (χ3v) is 2.47. The standard InChI is InChI=1S/C13H10N2O4/c16-12(9-5-7-15(19)8-6-9)14-11-4-2-1-3-10(11)13(17)18/h1-8H,(H,14,16)(H,17,18). The summed E-state index contributed by atoms with van der Waals surface area (Å²) >= 11 is 0. The van der Waals surface area contributed by atoms with E-state index < -0.39 is 11.9 Å². The van der Waals surface area contributed by atoms with Gasteiger partial charge in [-0.1, -0.05) is 12.1 Å². The number of para-hydroxylation sites is 1. The molecule has 0 radical (unpaired) electrons. The first-order chi connectivity index (χ1) is 9.08. The lowest BCUT2D eigenvalue weighted by Crippen LogP contribution is -2.25. The van der Waals surface area contributed by atoms with Gasteiger partial charge in [-0.3, -0.25) is 4.79 Å². The van der Waals surface area contributed by atoms with Gasteiger partial charge in [0.2, 0.25) is 0 Å². The minimum atomic E-state index is -1.12. The number of carbonyl (C=O) groups is 2. The Morgan fingerprint density at radius 2 is 1.74 bits per heavy atom. The molecule has 0 saturated carbocycles. The molecule has 1 heterocycles. The Hall–Kier alpha value is -2.89. The van der Waals surface area contributed by atoms with Crippen molar-refractivity contribution in [2.45, 2.75) is 0 Å². The highest BCUT2D eigenvalue weighted by molar-refractivity contribution is 6.07. The Morgan fingerprint density at radius 1 is 1.11 bits per heavy atom. The Kier molecular flexibility index (Phi) is 3.42. The second kappa shape index (κ2) is 5.18. The number of amides is 1. The molecular weight excluding hydrogens is 248 g/mol. The van der Waals surface area contributed by atoms with Gasteiger partial charge in [0.25, 0.3) is 5.91 Å². The first-order valence-electron chi connectivity index (χ1n) is 5.40. The molecule has 0 spiro atoms. The van der Waals surface area contributed by atoms with Crippen LogP contribution in [0.3, 0.4) is 0 Å². The van der Waals surface area contributed by atoms with Gasteiger partial charge in [-0.2, -0.15) is 4.73 Å². The Labute approximate surface area is 108 Å². The van der Waals surface area contributed by atoms with Gasteiger partial charge >= 0.3 is 5.97 Å². The largest absolute Gasteiger partial charge is 0.619 e. The highest BCUT2D eigenvalue weighted by Crippen LogP contribution is 2.15. The summed E-state index contributed by atoms with van der Waals surface area (Å²) in [7, 11) is 0. The number of anilines is 1. The Balaban J connectivity index is 2.24. The summed E-state index contributed by atoms with van der Waals surface area (Å²) in [6.07, 6.45) is 2.38. The minimum absolute atomic E-state index is 0.00525. The normalized spacial score (nSPS) is 9.89. The van der Waals surface area contributed by atoms with Crippen molar-refractivity contribution in [3.63, 3.8) is 0 Å². The average molecular weight is 258 g/mol. The second-order valence-corrected chi connectivity index (χ2v) is 3.75. The summed E-state index contributed by atoms with van der Waals surface area (Å²) in [5.41, 5.74) is 0.483.